The highest BCUT2D eigenvalue weighted by molar-refractivity contribution is 5.92. The first-order valence-electron chi connectivity index (χ1n) is 8.05. The summed E-state index contributed by atoms with van der Waals surface area (Å²) in [5.74, 6) is 5.22. The third-order valence-electron chi connectivity index (χ3n) is 4.49. The molecule has 1 aliphatic heterocycles. The van der Waals surface area contributed by atoms with Crippen molar-refractivity contribution in [1.29, 1.82) is 0 Å². The zero-order chi connectivity index (χ0) is 17.4. The normalized spacial score (nSPS) is 17.2. The summed E-state index contributed by atoms with van der Waals surface area (Å²) in [6, 6.07) is 10.4. The van der Waals surface area contributed by atoms with Crippen LogP contribution in [0.25, 0.3) is 5.65 Å². The monoisotopic (exact) mass is 340 g/mol. The Labute approximate surface area is 143 Å². The summed E-state index contributed by atoms with van der Waals surface area (Å²) in [6.07, 6.45) is 3.34. The average Bonchev–Trinajstić information content (AvgIpc) is 3.27. The molecule has 8 heteroatoms. The van der Waals surface area contributed by atoms with Gasteiger partial charge in [-0.1, -0.05) is 12.1 Å². The molecule has 1 amide bonds. The van der Waals surface area contributed by atoms with Crippen molar-refractivity contribution in [3.8, 4) is 0 Å². The van der Waals surface area contributed by atoms with Gasteiger partial charge < -0.3 is 4.90 Å². The highest BCUT2D eigenvalue weighted by atomic mass is 19.1. The molecule has 3 heterocycles. The van der Waals surface area contributed by atoms with Crippen molar-refractivity contribution in [2.75, 3.05) is 11.4 Å². The second-order valence-corrected chi connectivity index (χ2v) is 5.98. The van der Waals surface area contributed by atoms with Gasteiger partial charge in [0, 0.05) is 6.54 Å². The number of carbonyl (C=O) groups is 1. The van der Waals surface area contributed by atoms with Crippen LogP contribution in [0.5, 0.6) is 0 Å². The fraction of sp³-hybridized carbons (Fsp3) is 0.235. The number of nitrogen functional groups attached to an aromatic ring is 1. The number of benzene rings is 1. The van der Waals surface area contributed by atoms with Crippen LogP contribution in [-0.2, 0) is 0 Å². The van der Waals surface area contributed by atoms with Crippen LogP contribution in [0.1, 0.15) is 34.9 Å². The number of amides is 1. The van der Waals surface area contributed by atoms with E-state index in [0.717, 1.165) is 24.9 Å². The number of fused-ring (bicyclic) bond motifs is 1. The molecule has 1 fully saturated rings. The first kappa shape index (κ1) is 15.5. The lowest BCUT2D eigenvalue weighted by Gasteiger charge is -2.26. The second-order valence-electron chi connectivity index (χ2n) is 5.98. The Morgan fingerprint density at radius 2 is 2.20 bits per heavy atom. The molecule has 3 N–H and O–H groups in total. The van der Waals surface area contributed by atoms with Crippen LogP contribution in [0.2, 0.25) is 0 Å². The zero-order valence-corrected chi connectivity index (χ0v) is 13.4. The Morgan fingerprint density at radius 3 is 3.00 bits per heavy atom. The molecule has 128 valence electrons. The Morgan fingerprint density at radius 1 is 1.32 bits per heavy atom. The van der Waals surface area contributed by atoms with Crippen molar-refractivity contribution in [1.82, 2.24) is 20.0 Å². The molecule has 7 nitrogen and oxygen atoms in total. The topological polar surface area (TPSA) is 88.5 Å². The molecule has 4 rings (SSSR count). The van der Waals surface area contributed by atoms with Crippen molar-refractivity contribution in [3.63, 3.8) is 0 Å². The Hall–Kier alpha value is -3.00. The molecule has 0 saturated carbocycles. The fourth-order valence-corrected chi connectivity index (χ4v) is 3.35. The average molecular weight is 340 g/mol. The minimum absolute atomic E-state index is 0.0518. The van der Waals surface area contributed by atoms with Crippen molar-refractivity contribution in [3.05, 3.63) is 59.7 Å². The summed E-state index contributed by atoms with van der Waals surface area (Å²) < 4.78 is 15.1. The summed E-state index contributed by atoms with van der Waals surface area (Å²) in [5, 5.41) is 4.55. The lowest BCUT2D eigenvalue weighted by Crippen LogP contribution is -2.31. The number of nitrogens with two attached hydrogens (primary N) is 1. The van der Waals surface area contributed by atoms with Gasteiger partial charge in [-0.3, -0.25) is 10.2 Å². The van der Waals surface area contributed by atoms with Crippen molar-refractivity contribution in [2.45, 2.75) is 18.9 Å². The van der Waals surface area contributed by atoms with E-state index in [9.17, 15) is 9.18 Å². The number of hydrogen-bond donors (Lipinski definition) is 2. The minimum atomic E-state index is -0.458. The summed E-state index contributed by atoms with van der Waals surface area (Å²) in [4.78, 5) is 18.1. The number of carbonyl (C=O) groups excluding carboxylic acids is 1. The van der Waals surface area contributed by atoms with Crippen LogP contribution in [0, 0.1) is 5.82 Å². The maximum absolute atomic E-state index is 13.6. The van der Waals surface area contributed by atoms with Gasteiger partial charge in [0.1, 0.15) is 11.6 Å². The van der Waals surface area contributed by atoms with Crippen LogP contribution >= 0.6 is 0 Å². The van der Waals surface area contributed by atoms with Crippen LogP contribution in [0.15, 0.2) is 42.6 Å². The smallest absolute Gasteiger partial charge is 0.285 e. The first-order valence-corrected chi connectivity index (χ1v) is 8.05. The first-order chi connectivity index (χ1) is 12.2. The van der Waals surface area contributed by atoms with E-state index in [1.54, 1.807) is 18.2 Å². The number of hydrazine groups is 1. The van der Waals surface area contributed by atoms with Gasteiger partial charge in [0.05, 0.1) is 12.2 Å². The van der Waals surface area contributed by atoms with Gasteiger partial charge in [0.25, 0.3) is 5.91 Å². The highest BCUT2D eigenvalue weighted by Crippen LogP contribution is 2.35. The van der Waals surface area contributed by atoms with E-state index in [1.165, 1.54) is 16.8 Å². The molecular weight excluding hydrogens is 323 g/mol. The van der Waals surface area contributed by atoms with Crippen LogP contribution in [-0.4, -0.2) is 27.0 Å². The molecule has 0 unspecified atom stereocenters. The van der Waals surface area contributed by atoms with E-state index in [1.807, 2.05) is 12.1 Å². The van der Waals surface area contributed by atoms with Crippen LogP contribution in [0.3, 0.4) is 0 Å². The van der Waals surface area contributed by atoms with Gasteiger partial charge in [0.2, 0.25) is 0 Å². The molecule has 0 radical (unpaired) electrons. The molecule has 0 bridgehead atoms. The lowest BCUT2D eigenvalue weighted by atomic mass is 10.0. The molecule has 1 atom stereocenters. The van der Waals surface area contributed by atoms with Gasteiger partial charge in [-0.2, -0.15) is 0 Å². The van der Waals surface area contributed by atoms with E-state index < -0.39 is 5.91 Å². The molecule has 2 aromatic heterocycles. The van der Waals surface area contributed by atoms with Crippen LogP contribution in [0.4, 0.5) is 10.2 Å². The van der Waals surface area contributed by atoms with E-state index in [0.29, 0.717) is 11.5 Å². The van der Waals surface area contributed by atoms with Gasteiger partial charge >= 0.3 is 0 Å². The van der Waals surface area contributed by atoms with E-state index >= 15 is 0 Å². The number of aromatic nitrogens is 3. The summed E-state index contributed by atoms with van der Waals surface area (Å²) in [7, 11) is 0. The molecule has 0 aliphatic carbocycles. The third kappa shape index (κ3) is 2.70. The number of anilines is 1. The van der Waals surface area contributed by atoms with Crippen molar-refractivity contribution in [2.24, 2.45) is 5.84 Å². The third-order valence-corrected chi connectivity index (χ3v) is 4.49. The zero-order valence-electron chi connectivity index (χ0n) is 13.4. The SMILES string of the molecule is NNC(=O)c1cnc2ccc(N3CCC[C@@H]3c3cccc(F)c3)nn12. The van der Waals surface area contributed by atoms with Gasteiger partial charge in [-0.05, 0) is 42.7 Å². The Balaban J connectivity index is 1.74. The van der Waals surface area contributed by atoms with Crippen molar-refractivity contribution >= 4 is 17.4 Å². The maximum Gasteiger partial charge on any atom is 0.285 e. The highest BCUT2D eigenvalue weighted by Gasteiger charge is 2.28. The maximum atomic E-state index is 13.6. The predicted molar refractivity (Wildman–Crippen MR) is 90.4 cm³/mol. The Bertz CT molecular complexity index is 940. The minimum Gasteiger partial charge on any atom is -0.348 e. The molecule has 25 heavy (non-hydrogen) atoms. The number of imidazole rings is 1. The largest absolute Gasteiger partial charge is 0.348 e. The van der Waals surface area contributed by atoms with Gasteiger partial charge in [-0.15, -0.1) is 5.10 Å². The molecule has 1 aromatic carbocycles. The summed E-state index contributed by atoms with van der Waals surface area (Å²) >= 11 is 0. The number of nitrogens with zero attached hydrogens (tertiary/aromatic N) is 4. The summed E-state index contributed by atoms with van der Waals surface area (Å²) in [5.41, 5.74) is 3.84. The lowest BCUT2D eigenvalue weighted by molar-refractivity contribution is 0.0946. The molecule has 0 spiro atoms. The number of halogens is 1. The molecule has 1 aliphatic rings. The van der Waals surface area contributed by atoms with Gasteiger partial charge in [-0.25, -0.2) is 19.7 Å². The Kier molecular flexibility index (Phi) is 3.81. The molecular formula is C17H17FN6O. The number of rotatable bonds is 3. The van der Waals surface area contributed by atoms with E-state index in [-0.39, 0.29) is 17.6 Å². The quantitative estimate of drug-likeness (QED) is 0.431. The van der Waals surface area contributed by atoms with E-state index in [2.05, 4.69) is 20.4 Å². The van der Waals surface area contributed by atoms with E-state index in [4.69, 9.17) is 5.84 Å². The standard InChI is InChI=1S/C17H17FN6O/c18-12-4-1-3-11(9-12)13-5-2-8-23(13)16-7-6-15-20-10-14(17(25)21-19)24(15)22-16/h1,3-4,6-7,9-10,13H,2,5,8,19H2,(H,21,25)/t13-/m1/s1. The van der Waals surface area contributed by atoms with Crippen LogP contribution < -0.4 is 16.2 Å². The second kappa shape index (κ2) is 6.14. The molecule has 3 aromatic rings. The number of nitrogens with one attached hydrogen (secondary N) is 1. The summed E-state index contributed by atoms with van der Waals surface area (Å²) in [6.45, 7) is 0.812. The van der Waals surface area contributed by atoms with Gasteiger partial charge in [0.15, 0.2) is 11.3 Å². The predicted octanol–water partition coefficient (Wildman–Crippen LogP) is 1.81. The van der Waals surface area contributed by atoms with Crippen molar-refractivity contribution < 1.29 is 9.18 Å². The number of hydrogen-bond acceptors (Lipinski definition) is 5. The molecule has 1 saturated heterocycles. The fourth-order valence-electron chi connectivity index (χ4n) is 3.35.